The summed E-state index contributed by atoms with van der Waals surface area (Å²) in [6.07, 6.45) is 11.4. The zero-order chi connectivity index (χ0) is 16.1. The highest BCUT2D eigenvalue weighted by molar-refractivity contribution is 5.75. The number of β-amino-alcohol motifs (C(OH)–C–C–N with tert-alkyl or cyclic N) is 1. The van der Waals surface area contributed by atoms with E-state index in [1.54, 1.807) is 41.9 Å². The summed E-state index contributed by atoms with van der Waals surface area (Å²) in [6, 6.07) is 0. The van der Waals surface area contributed by atoms with Crippen molar-refractivity contribution in [2.75, 3.05) is 24.5 Å². The fourth-order valence-corrected chi connectivity index (χ4v) is 2.77. The van der Waals surface area contributed by atoms with Gasteiger partial charge in [-0.1, -0.05) is 0 Å². The van der Waals surface area contributed by atoms with E-state index in [4.69, 9.17) is 0 Å². The number of nitrogens with one attached hydrogen (secondary N) is 1. The molecule has 1 unspecified atom stereocenters. The van der Waals surface area contributed by atoms with E-state index >= 15 is 0 Å². The van der Waals surface area contributed by atoms with E-state index in [9.17, 15) is 9.90 Å². The second kappa shape index (κ2) is 6.74. The monoisotopic (exact) mass is 316 g/mol. The van der Waals surface area contributed by atoms with Gasteiger partial charge in [0.2, 0.25) is 5.91 Å². The minimum atomic E-state index is -0.958. The number of amides is 1. The number of anilines is 1. The van der Waals surface area contributed by atoms with Crippen LogP contribution in [0.3, 0.4) is 0 Å². The Kier molecular flexibility index (Phi) is 4.52. The molecule has 23 heavy (non-hydrogen) atoms. The van der Waals surface area contributed by atoms with E-state index in [2.05, 4.69) is 20.3 Å². The standard InChI is InChI=1S/C15H20N6O2/c22-14(9-20-7-5-17-12-20)19-10-15(23)2-1-6-21(11-15)13-8-16-3-4-18-13/h3-5,7-8,12,23H,1-2,6,9-11H2,(H,19,22). The molecule has 1 fully saturated rings. The predicted molar refractivity (Wildman–Crippen MR) is 83.7 cm³/mol. The highest BCUT2D eigenvalue weighted by atomic mass is 16.3. The number of hydrogen-bond acceptors (Lipinski definition) is 6. The van der Waals surface area contributed by atoms with E-state index in [0.717, 1.165) is 18.8 Å². The fraction of sp³-hybridized carbons (Fsp3) is 0.467. The molecule has 8 nitrogen and oxygen atoms in total. The lowest BCUT2D eigenvalue weighted by atomic mass is 9.92. The second-order valence-corrected chi connectivity index (χ2v) is 5.82. The van der Waals surface area contributed by atoms with Crippen LogP contribution < -0.4 is 10.2 Å². The van der Waals surface area contributed by atoms with Gasteiger partial charge in [0.1, 0.15) is 12.4 Å². The van der Waals surface area contributed by atoms with E-state index in [-0.39, 0.29) is 19.0 Å². The number of rotatable bonds is 5. The molecule has 2 N–H and O–H groups in total. The van der Waals surface area contributed by atoms with Crippen LogP contribution in [-0.4, -0.2) is 55.8 Å². The molecule has 1 amide bonds. The molecule has 0 radical (unpaired) electrons. The van der Waals surface area contributed by atoms with Crippen LogP contribution in [0.2, 0.25) is 0 Å². The minimum absolute atomic E-state index is 0.145. The SMILES string of the molecule is O=C(Cn1ccnc1)NCC1(O)CCCN(c2cnccn2)C1. The summed E-state index contributed by atoms with van der Waals surface area (Å²) >= 11 is 0. The second-order valence-electron chi connectivity index (χ2n) is 5.82. The topological polar surface area (TPSA) is 96.2 Å². The molecule has 1 saturated heterocycles. The van der Waals surface area contributed by atoms with Crippen molar-refractivity contribution in [1.82, 2.24) is 24.8 Å². The Balaban J connectivity index is 1.55. The number of nitrogens with zero attached hydrogens (tertiary/aromatic N) is 5. The first-order valence-electron chi connectivity index (χ1n) is 7.60. The first-order chi connectivity index (χ1) is 11.1. The molecule has 1 aliphatic rings. The first-order valence-corrected chi connectivity index (χ1v) is 7.60. The molecular weight excluding hydrogens is 296 g/mol. The molecule has 8 heteroatoms. The molecule has 0 aromatic carbocycles. The zero-order valence-corrected chi connectivity index (χ0v) is 12.8. The lowest BCUT2D eigenvalue weighted by Crippen LogP contribution is -2.54. The average Bonchev–Trinajstić information content (AvgIpc) is 3.07. The van der Waals surface area contributed by atoms with Crippen molar-refractivity contribution in [2.45, 2.75) is 25.0 Å². The highest BCUT2D eigenvalue weighted by Gasteiger charge is 2.34. The Morgan fingerprint density at radius 3 is 3.00 bits per heavy atom. The Morgan fingerprint density at radius 1 is 1.35 bits per heavy atom. The molecule has 0 bridgehead atoms. The number of carbonyl (C=O) groups excluding carboxylic acids is 1. The van der Waals surface area contributed by atoms with Crippen molar-refractivity contribution in [1.29, 1.82) is 0 Å². The van der Waals surface area contributed by atoms with Gasteiger partial charge in [-0.15, -0.1) is 0 Å². The summed E-state index contributed by atoms with van der Waals surface area (Å²) in [5.41, 5.74) is -0.958. The Labute approximate surface area is 134 Å². The minimum Gasteiger partial charge on any atom is -0.386 e. The van der Waals surface area contributed by atoms with Crippen molar-refractivity contribution in [3.63, 3.8) is 0 Å². The summed E-state index contributed by atoms with van der Waals surface area (Å²) in [4.78, 5) is 26.2. The number of piperidine rings is 1. The molecule has 3 rings (SSSR count). The normalized spacial score (nSPS) is 21.2. The van der Waals surface area contributed by atoms with Crippen LogP contribution in [0.15, 0.2) is 37.3 Å². The molecule has 2 aromatic rings. The lowest BCUT2D eigenvalue weighted by molar-refractivity contribution is -0.123. The molecular formula is C15H20N6O2. The molecule has 122 valence electrons. The van der Waals surface area contributed by atoms with Gasteiger partial charge in [-0.25, -0.2) is 9.97 Å². The number of aliphatic hydroxyl groups is 1. The van der Waals surface area contributed by atoms with Gasteiger partial charge >= 0.3 is 0 Å². The van der Waals surface area contributed by atoms with E-state index in [0.29, 0.717) is 13.0 Å². The van der Waals surface area contributed by atoms with Crippen molar-refractivity contribution in [3.8, 4) is 0 Å². The summed E-state index contributed by atoms with van der Waals surface area (Å²) in [7, 11) is 0. The highest BCUT2D eigenvalue weighted by Crippen LogP contribution is 2.23. The van der Waals surface area contributed by atoms with E-state index in [1.807, 2.05) is 4.90 Å². The number of aromatic nitrogens is 4. The van der Waals surface area contributed by atoms with Gasteiger partial charge in [0.05, 0.1) is 18.1 Å². The van der Waals surface area contributed by atoms with Gasteiger partial charge < -0.3 is 19.9 Å². The van der Waals surface area contributed by atoms with E-state index in [1.165, 1.54) is 0 Å². The van der Waals surface area contributed by atoms with Crippen molar-refractivity contribution >= 4 is 11.7 Å². The maximum absolute atomic E-state index is 11.9. The zero-order valence-electron chi connectivity index (χ0n) is 12.8. The number of hydrogen-bond donors (Lipinski definition) is 2. The maximum Gasteiger partial charge on any atom is 0.240 e. The molecule has 1 aliphatic heterocycles. The van der Waals surface area contributed by atoms with Gasteiger partial charge in [0.25, 0.3) is 0 Å². The summed E-state index contributed by atoms with van der Waals surface area (Å²) in [6.45, 7) is 1.67. The van der Waals surface area contributed by atoms with Crippen molar-refractivity contribution < 1.29 is 9.90 Å². The average molecular weight is 316 g/mol. The molecule has 0 aliphatic carbocycles. The van der Waals surface area contributed by atoms with Crippen LogP contribution in [-0.2, 0) is 11.3 Å². The maximum atomic E-state index is 11.9. The van der Waals surface area contributed by atoms with Crippen LogP contribution >= 0.6 is 0 Å². The third kappa shape index (κ3) is 4.04. The molecule has 3 heterocycles. The summed E-state index contributed by atoms with van der Waals surface area (Å²) < 4.78 is 1.69. The quantitative estimate of drug-likeness (QED) is 0.794. The third-order valence-corrected chi connectivity index (χ3v) is 3.93. The Morgan fingerprint density at radius 2 is 2.26 bits per heavy atom. The van der Waals surface area contributed by atoms with Gasteiger partial charge in [-0.3, -0.25) is 9.78 Å². The lowest BCUT2D eigenvalue weighted by Gasteiger charge is -2.39. The first kappa shape index (κ1) is 15.4. The van der Waals surface area contributed by atoms with Crippen LogP contribution in [0.25, 0.3) is 0 Å². The van der Waals surface area contributed by atoms with Gasteiger partial charge in [-0.2, -0.15) is 0 Å². The van der Waals surface area contributed by atoms with Crippen LogP contribution in [0, 0.1) is 0 Å². The van der Waals surface area contributed by atoms with E-state index < -0.39 is 5.60 Å². The van der Waals surface area contributed by atoms with Crippen LogP contribution in [0.1, 0.15) is 12.8 Å². The fourth-order valence-electron chi connectivity index (χ4n) is 2.77. The van der Waals surface area contributed by atoms with Crippen LogP contribution in [0.5, 0.6) is 0 Å². The van der Waals surface area contributed by atoms with Gasteiger partial charge in [0.15, 0.2) is 0 Å². The summed E-state index contributed by atoms with van der Waals surface area (Å²) in [5.74, 6) is 0.600. The summed E-state index contributed by atoms with van der Waals surface area (Å²) in [5, 5.41) is 13.6. The van der Waals surface area contributed by atoms with Crippen molar-refractivity contribution in [2.24, 2.45) is 0 Å². The molecule has 2 aromatic heterocycles. The number of carbonyl (C=O) groups is 1. The third-order valence-electron chi connectivity index (χ3n) is 3.93. The smallest absolute Gasteiger partial charge is 0.240 e. The van der Waals surface area contributed by atoms with Gasteiger partial charge in [-0.05, 0) is 12.8 Å². The van der Waals surface area contributed by atoms with Crippen molar-refractivity contribution in [3.05, 3.63) is 37.3 Å². The number of imidazole rings is 1. The molecule has 0 saturated carbocycles. The Hall–Kier alpha value is -2.48. The molecule has 1 atom stereocenters. The predicted octanol–water partition coefficient (Wildman–Crippen LogP) is -0.179. The van der Waals surface area contributed by atoms with Gasteiger partial charge in [0, 0.05) is 44.4 Å². The molecule has 0 spiro atoms. The Bertz CT molecular complexity index is 633. The largest absolute Gasteiger partial charge is 0.386 e. The van der Waals surface area contributed by atoms with Crippen LogP contribution in [0.4, 0.5) is 5.82 Å².